The first-order valence-electron chi connectivity index (χ1n) is 6.63. The summed E-state index contributed by atoms with van der Waals surface area (Å²) in [6, 6.07) is 5.15. The maximum Gasteiger partial charge on any atom is 0.141 e. The maximum absolute atomic E-state index is 13.1. The van der Waals surface area contributed by atoms with Crippen molar-refractivity contribution >= 4 is 11.6 Å². The van der Waals surface area contributed by atoms with E-state index in [0.29, 0.717) is 11.3 Å². The van der Waals surface area contributed by atoms with Gasteiger partial charge in [-0.1, -0.05) is 31.5 Å². The number of benzene rings is 1. The summed E-state index contributed by atoms with van der Waals surface area (Å²) in [5.41, 5.74) is 1.53. The second kappa shape index (κ2) is 5.18. The standard InChI is InChI=1S/C15H21ClFN/c1-10(2)15(6-7-15)9-18-11(3)12-4-5-14(17)13(16)8-12/h4-5,8,10-11,18H,6-7,9H2,1-3H3. The van der Waals surface area contributed by atoms with Gasteiger partial charge in [0.15, 0.2) is 0 Å². The van der Waals surface area contributed by atoms with Gasteiger partial charge in [0.1, 0.15) is 5.82 Å². The van der Waals surface area contributed by atoms with Crippen molar-refractivity contribution in [3.05, 3.63) is 34.6 Å². The van der Waals surface area contributed by atoms with E-state index in [2.05, 4.69) is 26.1 Å². The normalized spacial score (nSPS) is 19.0. The minimum atomic E-state index is -0.353. The van der Waals surface area contributed by atoms with Crippen LogP contribution in [0.15, 0.2) is 18.2 Å². The van der Waals surface area contributed by atoms with Gasteiger partial charge in [-0.15, -0.1) is 0 Å². The maximum atomic E-state index is 13.1. The molecule has 1 aliphatic rings. The molecule has 1 unspecified atom stereocenters. The molecule has 1 nitrogen and oxygen atoms in total. The number of rotatable bonds is 5. The Balaban J connectivity index is 1.95. The third-order valence-electron chi connectivity index (χ3n) is 4.32. The first-order valence-corrected chi connectivity index (χ1v) is 7.01. The van der Waals surface area contributed by atoms with Crippen molar-refractivity contribution in [1.82, 2.24) is 5.32 Å². The Hall–Kier alpha value is -0.600. The van der Waals surface area contributed by atoms with E-state index in [-0.39, 0.29) is 16.9 Å². The number of nitrogens with one attached hydrogen (secondary N) is 1. The molecule has 1 aromatic carbocycles. The summed E-state index contributed by atoms with van der Waals surface area (Å²) in [6.45, 7) is 7.70. The summed E-state index contributed by atoms with van der Waals surface area (Å²) in [5, 5.41) is 3.75. The highest BCUT2D eigenvalue weighted by molar-refractivity contribution is 6.30. The molecule has 1 fully saturated rings. The van der Waals surface area contributed by atoms with Crippen LogP contribution < -0.4 is 5.32 Å². The molecule has 18 heavy (non-hydrogen) atoms. The Labute approximate surface area is 114 Å². The van der Waals surface area contributed by atoms with E-state index in [0.717, 1.165) is 12.1 Å². The third-order valence-corrected chi connectivity index (χ3v) is 4.61. The minimum absolute atomic E-state index is 0.200. The van der Waals surface area contributed by atoms with Gasteiger partial charge in [0.05, 0.1) is 5.02 Å². The molecule has 100 valence electrons. The summed E-state index contributed by atoms with van der Waals surface area (Å²) in [4.78, 5) is 0. The summed E-state index contributed by atoms with van der Waals surface area (Å²) >= 11 is 5.81. The van der Waals surface area contributed by atoms with E-state index < -0.39 is 0 Å². The zero-order valence-electron chi connectivity index (χ0n) is 11.3. The SMILES string of the molecule is CC(NCC1(C(C)C)CC1)c1ccc(F)c(Cl)c1. The lowest BCUT2D eigenvalue weighted by Crippen LogP contribution is -2.29. The van der Waals surface area contributed by atoms with Gasteiger partial charge in [-0.25, -0.2) is 4.39 Å². The van der Waals surface area contributed by atoms with Crippen LogP contribution in [0.2, 0.25) is 5.02 Å². The second-order valence-electron chi connectivity index (χ2n) is 5.79. The first kappa shape index (κ1) is 13.8. The molecular weight excluding hydrogens is 249 g/mol. The molecule has 1 aromatic rings. The van der Waals surface area contributed by atoms with Crippen molar-refractivity contribution in [1.29, 1.82) is 0 Å². The predicted molar refractivity (Wildman–Crippen MR) is 74.3 cm³/mol. The van der Waals surface area contributed by atoms with Crippen molar-refractivity contribution < 1.29 is 4.39 Å². The number of hydrogen-bond donors (Lipinski definition) is 1. The fraction of sp³-hybridized carbons (Fsp3) is 0.600. The van der Waals surface area contributed by atoms with E-state index in [1.165, 1.54) is 18.9 Å². The molecule has 0 amide bonds. The third kappa shape index (κ3) is 2.86. The Morgan fingerprint density at radius 3 is 2.50 bits per heavy atom. The van der Waals surface area contributed by atoms with Gasteiger partial charge in [0.2, 0.25) is 0 Å². The predicted octanol–water partition coefficient (Wildman–Crippen LogP) is 4.57. The fourth-order valence-electron chi connectivity index (χ4n) is 2.37. The molecular formula is C15H21ClFN. The lowest BCUT2D eigenvalue weighted by molar-refractivity contribution is 0.325. The van der Waals surface area contributed by atoms with Gasteiger partial charge >= 0.3 is 0 Å². The molecule has 2 rings (SSSR count). The van der Waals surface area contributed by atoms with Gasteiger partial charge in [0.25, 0.3) is 0 Å². The second-order valence-corrected chi connectivity index (χ2v) is 6.20. The first-order chi connectivity index (χ1) is 8.44. The van der Waals surface area contributed by atoms with Crippen molar-refractivity contribution in [3.8, 4) is 0 Å². The van der Waals surface area contributed by atoms with Gasteiger partial charge in [0, 0.05) is 12.6 Å². The zero-order chi connectivity index (χ0) is 13.3. The van der Waals surface area contributed by atoms with Crippen LogP contribution in [0.3, 0.4) is 0 Å². The van der Waals surface area contributed by atoms with Crippen LogP contribution in [-0.4, -0.2) is 6.54 Å². The number of halogens is 2. The Kier molecular flexibility index (Phi) is 3.98. The van der Waals surface area contributed by atoms with Crippen LogP contribution >= 0.6 is 11.6 Å². The van der Waals surface area contributed by atoms with E-state index in [1.807, 2.05) is 0 Å². The molecule has 0 spiro atoms. The lowest BCUT2D eigenvalue weighted by Gasteiger charge is -2.23. The summed E-state index contributed by atoms with van der Waals surface area (Å²) in [6.07, 6.45) is 2.63. The summed E-state index contributed by atoms with van der Waals surface area (Å²) in [5.74, 6) is 0.363. The highest BCUT2D eigenvalue weighted by atomic mass is 35.5. The van der Waals surface area contributed by atoms with Gasteiger partial charge < -0.3 is 5.32 Å². The van der Waals surface area contributed by atoms with Crippen LogP contribution in [0.25, 0.3) is 0 Å². The molecule has 1 atom stereocenters. The summed E-state index contributed by atoms with van der Waals surface area (Å²) in [7, 11) is 0. The largest absolute Gasteiger partial charge is 0.310 e. The van der Waals surface area contributed by atoms with Crippen molar-refractivity contribution in [2.24, 2.45) is 11.3 Å². The van der Waals surface area contributed by atoms with Crippen molar-refractivity contribution in [3.63, 3.8) is 0 Å². The van der Waals surface area contributed by atoms with Crippen LogP contribution in [0.4, 0.5) is 4.39 Å². The molecule has 0 heterocycles. The Morgan fingerprint density at radius 1 is 1.33 bits per heavy atom. The summed E-state index contributed by atoms with van der Waals surface area (Å²) < 4.78 is 13.1. The smallest absolute Gasteiger partial charge is 0.141 e. The lowest BCUT2D eigenvalue weighted by atomic mass is 9.92. The molecule has 1 saturated carbocycles. The highest BCUT2D eigenvalue weighted by Crippen LogP contribution is 2.51. The molecule has 0 aromatic heterocycles. The molecule has 1 aliphatic carbocycles. The quantitative estimate of drug-likeness (QED) is 0.826. The van der Waals surface area contributed by atoms with E-state index in [9.17, 15) is 4.39 Å². The van der Waals surface area contributed by atoms with E-state index >= 15 is 0 Å². The Bertz CT molecular complexity index is 427. The highest BCUT2D eigenvalue weighted by Gasteiger charge is 2.44. The van der Waals surface area contributed by atoms with Crippen LogP contribution in [0.1, 0.15) is 45.2 Å². The van der Waals surface area contributed by atoms with Gasteiger partial charge in [-0.05, 0) is 48.8 Å². The van der Waals surface area contributed by atoms with Crippen LogP contribution in [0.5, 0.6) is 0 Å². The van der Waals surface area contributed by atoms with E-state index in [4.69, 9.17) is 11.6 Å². The Morgan fingerprint density at radius 2 is 2.00 bits per heavy atom. The molecule has 0 radical (unpaired) electrons. The van der Waals surface area contributed by atoms with Crippen LogP contribution in [0, 0.1) is 17.2 Å². The molecule has 1 N–H and O–H groups in total. The molecule has 0 aliphatic heterocycles. The monoisotopic (exact) mass is 269 g/mol. The zero-order valence-corrected chi connectivity index (χ0v) is 12.0. The average Bonchev–Trinajstić information content (AvgIpc) is 3.11. The van der Waals surface area contributed by atoms with Gasteiger partial charge in [-0.2, -0.15) is 0 Å². The minimum Gasteiger partial charge on any atom is -0.310 e. The number of hydrogen-bond acceptors (Lipinski definition) is 1. The molecule has 3 heteroatoms. The molecule has 0 saturated heterocycles. The van der Waals surface area contributed by atoms with Crippen LogP contribution in [-0.2, 0) is 0 Å². The van der Waals surface area contributed by atoms with Gasteiger partial charge in [-0.3, -0.25) is 0 Å². The fourth-order valence-corrected chi connectivity index (χ4v) is 2.56. The topological polar surface area (TPSA) is 12.0 Å². The van der Waals surface area contributed by atoms with Crippen molar-refractivity contribution in [2.45, 2.75) is 39.7 Å². The van der Waals surface area contributed by atoms with Crippen molar-refractivity contribution in [2.75, 3.05) is 6.54 Å². The average molecular weight is 270 g/mol. The molecule has 0 bridgehead atoms. The van der Waals surface area contributed by atoms with E-state index in [1.54, 1.807) is 12.1 Å².